The molecule has 0 aromatic heterocycles. The van der Waals surface area contributed by atoms with Crippen LogP contribution < -0.4 is 15.2 Å². The van der Waals surface area contributed by atoms with Gasteiger partial charge in [-0.1, -0.05) is 19.4 Å². The molecular formula is C17H27NO2. The van der Waals surface area contributed by atoms with Crippen molar-refractivity contribution in [1.82, 2.24) is 0 Å². The van der Waals surface area contributed by atoms with Crippen LogP contribution in [-0.2, 0) is 0 Å². The van der Waals surface area contributed by atoms with Crippen molar-refractivity contribution in [3.05, 3.63) is 23.8 Å². The van der Waals surface area contributed by atoms with E-state index in [2.05, 4.69) is 19.9 Å². The quantitative estimate of drug-likeness (QED) is 0.895. The van der Waals surface area contributed by atoms with Gasteiger partial charge in [0.1, 0.15) is 6.10 Å². The summed E-state index contributed by atoms with van der Waals surface area (Å²) in [7, 11) is 1.69. The number of ether oxygens (including phenoxy) is 2. The normalized spacial score (nSPS) is 26.3. The van der Waals surface area contributed by atoms with E-state index in [1.165, 1.54) is 24.8 Å². The Morgan fingerprint density at radius 2 is 2.05 bits per heavy atom. The van der Waals surface area contributed by atoms with Crippen molar-refractivity contribution in [2.75, 3.05) is 13.7 Å². The Hall–Kier alpha value is -1.22. The Kier molecular flexibility index (Phi) is 5.30. The molecule has 0 bridgehead atoms. The molecule has 1 aromatic carbocycles. The molecule has 0 saturated heterocycles. The van der Waals surface area contributed by atoms with Gasteiger partial charge in [-0.05, 0) is 56.3 Å². The number of hydrogen-bond donors (Lipinski definition) is 1. The van der Waals surface area contributed by atoms with E-state index in [0.29, 0.717) is 12.5 Å². The molecule has 0 aliphatic heterocycles. The lowest BCUT2D eigenvalue weighted by molar-refractivity contribution is 0.0660. The van der Waals surface area contributed by atoms with Crippen LogP contribution in [0.4, 0.5) is 0 Å². The van der Waals surface area contributed by atoms with Crippen LogP contribution >= 0.6 is 0 Å². The molecule has 3 unspecified atom stereocenters. The third-order valence-electron chi connectivity index (χ3n) is 4.51. The lowest BCUT2D eigenvalue weighted by Crippen LogP contribution is -2.38. The highest BCUT2D eigenvalue weighted by Gasteiger charge is 2.31. The Balaban J connectivity index is 2.13. The van der Waals surface area contributed by atoms with E-state index in [1.54, 1.807) is 7.11 Å². The topological polar surface area (TPSA) is 44.5 Å². The van der Waals surface area contributed by atoms with Crippen LogP contribution in [0.2, 0.25) is 0 Å². The summed E-state index contributed by atoms with van der Waals surface area (Å²) in [6, 6.07) is 6.10. The predicted molar refractivity (Wildman–Crippen MR) is 82.3 cm³/mol. The first-order chi connectivity index (χ1) is 9.67. The zero-order valence-corrected chi connectivity index (χ0v) is 12.9. The number of rotatable bonds is 5. The van der Waals surface area contributed by atoms with Crippen molar-refractivity contribution in [2.24, 2.45) is 17.6 Å². The highest BCUT2D eigenvalue weighted by Crippen LogP contribution is 2.36. The second-order valence-electron chi connectivity index (χ2n) is 5.89. The van der Waals surface area contributed by atoms with Gasteiger partial charge >= 0.3 is 0 Å². The fourth-order valence-electron chi connectivity index (χ4n) is 3.09. The number of hydrogen-bond acceptors (Lipinski definition) is 3. The second-order valence-corrected chi connectivity index (χ2v) is 5.89. The van der Waals surface area contributed by atoms with Gasteiger partial charge in [0.2, 0.25) is 0 Å². The summed E-state index contributed by atoms with van der Waals surface area (Å²) < 4.78 is 11.7. The monoisotopic (exact) mass is 277 g/mol. The zero-order chi connectivity index (χ0) is 14.5. The smallest absolute Gasteiger partial charge is 0.161 e. The molecule has 0 heterocycles. The summed E-state index contributed by atoms with van der Waals surface area (Å²) in [6.07, 6.45) is 5.00. The molecule has 1 fully saturated rings. The summed E-state index contributed by atoms with van der Waals surface area (Å²) in [5.74, 6) is 2.89. The van der Waals surface area contributed by atoms with E-state index in [-0.39, 0.29) is 6.10 Å². The Morgan fingerprint density at radius 3 is 2.70 bits per heavy atom. The summed E-state index contributed by atoms with van der Waals surface area (Å²) in [4.78, 5) is 0. The van der Waals surface area contributed by atoms with Gasteiger partial charge in [0.05, 0.1) is 7.11 Å². The highest BCUT2D eigenvalue weighted by molar-refractivity contribution is 5.42. The van der Waals surface area contributed by atoms with Crippen molar-refractivity contribution in [3.63, 3.8) is 0 Å². The minimum absolute atomic E-state index is 0.218. The van der Waals surface area contributed by atoms with Gasteiger partial charge in [-0.2, -0.15) is 0 Å². The van der Waals surface area contributed by atoms with Crippen molar-refractivity contribution in [3.8, 4) is 11.5 Å². The zero-order valence-electron chi connectivity index (χ0n) is 12.9. The maximum Gasteiger partial charge on any atom is 0.161 e. The Labute approximate surface area is 122 Å². The molecule has 20 heavy (non-hydrogen) atoms. The minimum Gasteiger partial charge on any atom is -0.493 e. The molecule has 1 aromatic rings. The first kappa shape index (κ1) is 15.2. The van der Waals surface area contributed by atoms with E-state index in [9.17, 15) is 0 Å². The molecule has 112 valence electrons. The number of aryl methyl sites for hydroxylation is 1. The van der Waals surface area contributed by atoms with Crippen LogP contribution in [-0.4, -0.2) is 19.8 Å². The van der Waals surface area contributed by atoms with Gasteiger partial charge < -0.3 is 15.2 Å². The first-order valence-corrected chi connectivity index (χ1v) is 7.69. The molecule has 0 amide bonds. The van der Waals surface area contributed by atoms with E-state index < -0.39 is 0 Å². The molecule has 3 heteroatoms. The lowest BCUT2D eigenvalue weighted by atomic mass is 9.78. The van der Waals surface area contributed by atoms with Gasteiger partial charge in [-0.3, -0.25) is 0 Å². The maximum absolute atomic E-state index is 6.26. The average molecular weight is 277 g/mol. The Morgan fingerprint density at radius 1 is 1.25 bits per heavy atom. The molecule has 1 aliphatic carbocycles. The molecule has 3 atom stereocenters. The van der Waals surface area contributed by atoms with Gasteiger partial charge in [-0.25, -0.2) is 0 Å². The third-order valence-corrected chi connectivity index (χ3v) is 4.51. The molecule has 0 radical (unpaired) electrons. The van der Waals surface area contributed by atoms with E-state index >= 15 is 0 Å². The standard InChI is InChI=1S/C17H27NO2/c1-4-13-6-7-14(11-18)16(10-13)20-15-8-5-12(2)9-17(15)19-3/h5,8-9,13-14,16H,4,6-7,10-11,18H2,1-3H3. The van der Waals surface area contributed by atoms with Crippen LogP contribution in [0.3, 0.4) is 0 Å². The molecule has 2 rings (SSSR count). The average Bonchev–Trinajstić information content (AvgIpc) is 2.48. The van der Waals surface area contributed by atoms with Crippen LogP contribution in [0.1, 0.15) is 38.2 Å². The van der Waals surface area contributed by atoms with Gasteiger partial charge in [0.25, 0.3) is 0 Å². The summed E-state index contributed by atoms with van der Waals surface area (Å²) >= 11 is 0. The molecular weight excluding hydrogens is 250 g/mol. The van der Waals surface area contributed by atoms with Crippen LogP contribution in [0.25, 0.3) is 0 Å². The van der Waals surface area contributed by atoms with E-state index in [1.807, 2.05) is 12.1 Å². The van der Waals surface area contributed by atoms with Crippen LogP contribution in [0.15, 0.2) is 18.2 Å². The summed E-state index contributed by atoms with van der Waals surface area (Å²) in [5, 5.41) is 0. The third kappa shape index (κ3) is 3.45. The maximum atomic E-state index is 6.26. The van der Waals surface area contributed by atoms with Gasteiger partial charge in [-0.15, -0.1) is 0 Å². The SMILES string of the molecule is CCC1CCC(CN)C(Oc2ccc(C)cc2OC)C1. The molecule has 1 saturated carbocycles. The Bertz CT molecular complexity index is 433. The largest absolute Gasteiger partial charge is 0.493 e. The first-order valence-electron chi connectivity index (χ1n) is 7.69. The summed E-state index contributed by atoms with van der Waals surface area (Å²) in [5.41, 5.74) is 7.10. The fraction of sp³-hybridized carbons (Fsp3) is 0.647. The fourth-order valence-corrected chi connectivity index (χ4v) is 3.09. The van der Waals surface area contributed by atoms with Crippen molar-refractivity contribution in [1.29, 1.82) is 0 Å². The van der Waals surface area contributed by atoms with Crippen molar-refractivity contribution in [2.45, 2.75) is 45.6 Å². The van der Waals surface area contributed by atoms with Crippen LogP contribution in [0.5, 0.6) is 11.5 Å². The molecule has 2 N–H and O–H groups in total. The van der Waals surface area contributed by atoms with Crippen LogP contribution in [0, 0.1) is 18.8 Å². The van der Waals surface area contributed by atoms with E-state index in [4.69, 9.17) is 15.2 Å². The molecule has 0 spiro atoms. The minimum atomic E-state index is 0.218. The second kappa shape index (κ2) is 6.98. The van der Waals surface area contributed by atoms with Crippen molar-refractivity contribution < 1.29 is 9.47 Å². The van der Waals surface area contributed by atoms with Gasteiger partial charge in [0.15, 0.2) is 11.5 Å². The molecule has 3 nitrogen and oxygen atoms in total. The highest BCUT2D eigenvalue weighted by atomic mass is 16.5. The number of methoxy groups -OCH3 is 1. The summed E-state index contributed by atoms with van der Waals surface area (Å²) in [6.45, 7) is 5.02. The number of nitrogens with two attached hydrogens (primary N) is 1. The number of benzene rings is 1. The molecule has 1 aliphatic rings. The predicted octanol–water partition coefficient (Wildman–Crippen LogP) is 3.54. The lowest BCUT2D eigenvalue weighted by Gasteiger charge is -2.35. The van der Waals surface area contributed by atoms with Crippen molar-refractivity contribution >= 4 is 0 Å². The van der Waals surface area contributed by atoms with Gasteiger partial charge in [0, 0.05) is 5.92 Å². The van der Waals surface area contributed by atoms with E-state index in [0.717, 1.165) is 23.8 Å².